The van der Waals surface area contributed by atoms with Crippen molar-refractivity contribution in [3.05, 3.63) is 11.6 Å². The Balaban J connectivity index is 1.86. The van der Waals surface area contributed by atoms with Gasteiger partial charge in [0.25, 0.3) is 0 Å². The summed E-state index contributed by atoms with van der Waals surface area (Å²) >= 11 is 5.55. The molecule has 0 amide bonds. The minimum absolute atomic E-state index is 0.401. The molecule has 0 heterocycles. The molecule has 14 heavy (non-hydrogen) atoms. The van der Waals surface area contributed by atoms with Gasteiger partial charge in [0.2, 0.25) is 0 Å². The lowest BCUT2D eigenvalue weighted by Gasteiger charge is -2.11. The normalized spacial score (nSPS) is 18.1. The highest BCUT2D eigenvalue weighted by atomic mass is 35.5. The number of aliphatic hydroxyl groups excluding tert-OH is 1. The van der Waals surface area contributed by atoms with Crippen LogP contribution in [0.3, 0.4) is 0 Å². The summed E-state index contributed by atoms with van der Waals surface area (Å²) in [6.07, 6.45) is 2.10. The summed E-state index contributed by atoms with van der Waals surface area (Å²) < 4.78 is 5.33. The van der Waals surface area contributed by atoms with E-state index >= 15 is 0 Å². The maximum Gasteiger partial charge on any atom is 0.0897 e. The second-order valence-corrected chi connectivity index (χ2v) is 4.32. The summed E-state index contributed by atoms with van der Waals surface area (Å²) in [5, 5.41) is 13.0. The molecule has 0 aromatic heterocycles. The van der Waals surface area contributed by atoms with E-state index in [-0.39, 0.29) is 0 Å². The second-order valence-electron chi connectivity index (χ2n) is 3.78. The van der Waals surface area contributed by atoms with Crippen molar-refractivity contribution in [2.24, 2.45) is 5.92 Å². The Morgan fingerprint density at radius 2 is 2.36 bits per heavy atom. The van der Waals surface area contributed by atoms with Crippen molar-refractivity contribution in [3.63, 3.8) is 0 Å². The molecule has 0 aromatic rings. The van der Waals surface area contributed by atoms with Crippen LogP contribution in [0.4, 0.5) is 0 Å². The van der Waals surface area contributed by atoms with E-state index in [1.54, 1.807) is 0 Å². The Labute approximate surface area is 90.1 Å². The van der Waals surface area contributed by atoms with E-state index in [2.05, 4.69) is 11.9 Å². The van der Waals surface area contributed by atoms with Gasteiger partial charge < -0.3 is 15.2 Å². The van der Waals surface area contributed by atoms with Crippen molar-refractivity contribution in [3.8, 4) is 0 Å². The first-order valence-corrected chi connectivity index (χ1v) is 5.36. The van der Waals surface area contributed by atoms with Gasteiger partial charge in [-0.25, -0.2) is 0 Å². The third-order valence-electron chi connectivity index (χ3n) is 2.06. The number of hydrogen-bond acceptors (Lipinski definition) is 3. The van der Waals surface area contributed by atoms with Crippen LogP contribution in [0.1, 0.15) is 12.8 Å². The van der Waals surface area contributed by atoms with E-state index in [1.165, 1.54) is 12.8 Å². The Hall–Kier alpha value is -0.0900. The van der Waals surface area contributed by atoms with Crippen LogP contribution < -0.4 is 5.32 Å². The molecule has 0 spiro atoms. The first-order chi connectivity index (χ1) is 6.68. The van der Waals surface area contributed by atoms with Crippen LogP contribution in [0.25, 0.3) is 0 Å². The largest absolute Gasteiger partial charge is 0.389 e. The molecule has 0 aromatic carbocycles. The van der Waals surface area contributed by atoms with Crippen molar-refractivity contribution in [1.82, 2.24) is 5.32 Å². The van der Waals surface area contributed by atoms with Gasteiger partial charge in [-0.05, 0) is 18.8 Å². The zero-order valence-electron chi connectivity index (χ0n) is 8.34. The molecule has 1 aliphatic carbocycles. The highest BCUT2D eigenvalue weighted by Gasteiger charge is 2.21. The van der Waals surface area contributed by atoms with Gasteiger partial charge in [-0.3, -0.25) is 0 Å². The van der Waals surface area contributed by atoms with Crippen molar-refractivity contribution in [1.29, 1.82) is 0 Å². The predicted molar refractivity (Wildman–Crippen MR) is 57.4 cm³/mol. The molecule has 1 saturated carbocycles. The maximum atomic E-state index is 9.44. The van der Waals surface area contributed by atoms with Crippen LogP contribution in [0, 0.1) is 5.92 Å². The molecule has 0 saturated heterocycles. The minimum atomic E-state index is -0.454. The second kappa shape index (κ2) is 6.40. The summed E-state index contributed by atoms with van der Waals surface area (Å²) in [5.41, 5.74) is 0. The third kappa shape index (κ3) is 6.38. The Bertz CT molecular complexity index is 183. The first kappa shape index (κ1) is 12.0. The van der Waals surface area contributed by atoms with Gasteiger partial charge in [-0.15, -0.1) is 0 Å². The van der Waals surface area contributed by atoms with Crippen molar-refractivity contribution >= 4 is 11.6 Å². The van der Waals surface area contributed by atoms with Crippen LogP contribution >= 0.6 is 11.6 Å². The van der Waals surface area contributed by atoms with Crippen LogP contribution in [0.5, 0.6) is 0 Å². The molecule has 1 rings (SSSR count). The first-order valence-electron chi connectivity index (χ1n) is 4.98. The van der Waals surface area contributed by atoms with Gasteiger partial charge in [0.05, 0.1) is 12.7 Å². The molecule has 2 N–H and O–H groups in total. The van der Waals surface area contributed by atoms with Gasteiger partial charge in [-0.2, -0.15) is 0 Å². The van der Waals surface area contributed by atoms with Gasteiger partial charge in [0.15, 0.2) is 0 Å². The highest BCUT2D eigenvalue weighted by molar-refractivity contribution is 6.29. The van der Waals surface area contributed by atoms with E-state index < -0.39 is 6.10 Å². The molecule has 1 fully saturated rings. The van der Waals surface area contributed by atoms with Gasteiger partial charge in [-0.1, -0.05) is 18.2 Å². The van der Waals surface area contributed by atoms with Crippen LogP contribution in [0.15, 0.2) is 11.6 Å². The van der Waals surface area contributed by atoms with E-state index in [0.29, 0.717) is 24.7 Å². The molecule has 0 bridgehead atoms. The molecular weight excluding hydrogens is 202 g/mol. The fourth-order valence-electron chi connectivity index (χ4n) is 1.09. The SMILES string of the molecule is C=C(Cl)CNCC(O)COCC1CC1. The number of ether oxygens (including phenoxy) is 1. The van der Waals surface area contributed by atoms with E-state index in [4.69, 9.17) is 16.3 Å². The molecule has 3 nitrogen and oxygen atoms in total. The predicted octanol–water partition coefficient (Wildman–Crippen LogP) is 1.12. The zero-order chi connectivity index (χ0) is 10.4. The summed E-state index contributed by atoms with van der Waals surface area (Å²) in [6, 6.07) is 0. The summed E-state index contributed by atoms with van der Waals surface area (Å²) in [5.74, 6) is 0.748. The van der Waals surface area contributed by atoms with Crippen LogP contribution in [0.2, 0.25) is 0 Å². The topological polar surface area (TPSA) is 41.5 Å². The van der Waals surface area contributed by atoms with Crippen molar-refractivity contribution in [2.75, 3.05) is 26.3 Å². The number of halogens is 1. The van der Waals surface area contributed by atoms with E-state index in [1.807, 2.05) is 0 Å². The lowest BCUT2D eigenvalue weighted by molar-refractivity contribution is 0.0330. The Morgan fingerprint density at radius 1 is 1.64 bits per heavy atom. The Kier molecular flexibility index (Phi) is 5.48. The van der Waals surface area contributed by atoms with Gasteiger partial charge >= 0.3 is 0 Å². The van der Waals surface area contributed by atoms with Crippen LogP contribution in [-0.2, 0) is 4.74 Å². The number of rotatable bonds is 8. The highest BCUT2D eigenvalue weighted by Crippen LogP contribution is 2.28. The fourth-order valence-corrected chi connectivity index (χ4v) is 1.18. The smallest absolute Gasteiger partial charge is 0.0897 e. The van der Waals surface area contributed by atoms with E-state index in [0.717, 1.165) is 12.5 Å². The maximum absolute atomic E-state index is 9.44. The molecule has 4 heteroatoms. The summed E-state index contributed by atoms with van der Waals surface area (Å²) in [6.45, 7) is 5.75. The monoisotopic (exact) mass is 219 g/mol. The quantitative estimate of drug-likeness (QED) is 0.643. The summed E-state index contributed by atoms with van der Waals surface area (Å²) in [4.78, 5) is 0. The molecule has 0 radical (unpaired) electrons. The summed E-state index contributed by atoms with van der Waals surface area (Å²) in [7, 11) is 0. The number of nitrogens with one attached hydrogen (secondary N) is 1. The van der Waals surface area contributed by atoms with Gasteiger partial charge in [0, 0.05) is 24.7 Å². The molecule has 82 valence electrons. The minimum Gasteiger partial charge on any atom is -0.389 e. The molecular formula is C10H18ClNO2. The number of hydrogen-bond donors (Lipinski definition) is 2. The van der Waals surface area contributed by atoms with Crippen molar-refractivity contribution in [2.45, 2.75) is 18.9 Å². The molecule has 1 aliphatic rings. The van der Waals surface area contributed by atoms with Gasteiger partial charge in [0.1, 0.15) is 0 Å². The van der Waals surface area contributed by atoms with Crippen molar-refractivity contribution < 1.29 is 9.84 Å². The molecule has 1 atom stereocenters. The lowest BCUT2D eigenvalue weighted by atomic mass is 10.3. The Morgan fingerprint density at radius 3 is 2.93 bits per heavy atom. The molecule has 1 unspecified atom stereocenters. The van der Waals surface area contributed by atoms with Crippen LogP contribution in [-0.4, -0.2) is 37.5 Å². The standard InChI is InChI=1S/C10H18ClNO2/c1-8(11)4-12-5-10(13)7-14-6-9-2-3-9/h9-10,12-13H,1-7H2. The fraction of sp³-hybridized carbons (Fsp3) is 0.800. The lowest BCUT2D eigenvalue weighted by Crippen LogP contribution is -2.31. The average Bonchev–Trinajstić information content (AvgIpc) is 2.87. The zero-order valence-corrected chi connectivity index (χ0v) is 9.09. The number of aliphatic hydroxyl groups is 1. The average molecular weight is 220 g/mol. The molecule has 0 aliphatic heterocycles. The third-order valence-corrected chi connectivity index (χ3v) is 2.19. The van der Waals surface area contributed by atoms with E-state index in [9.17, 15) is 5.11 Å².